The molecule has 0 spiro atoms. The van der Waals surface area contributed by atoms with Gasteiger partial charge in [-0.3, -0.25) is 4.98 Å². The number of aryl methyl sites for hydroxylation is 1. The maximum atomic E-state index is 8.00. The first-order valence-corrected chi connectivity index (χ1v) is 12.1. The number of nitrogens with zero attached hydrogens (tertiary/aromatic N) is 2. The van der Waals surface area contributed by atoms with Gasteiger partial charge in [-0.15, -0.1) is 0 Å². The highest BCUT2D eigenvalue weighted by Crippen LogP contribution is 2.23. The van der Waals surface area contributed by atoms with Crippen LogP contribution in [0.1, 0.15) is 45.1 Å². The Morgan fingerprint density at radius 1 is 1.23 bits per heavy atom. The zero-order valence-electron chi connectivity index (χ0n) is 22.9. The number of benzene rings is 1. The van der Waals surface area contributed by atoms with Crippen LogP contribution in [0.2, 0.25) is 0 Å². The molecule has 1 aromatic heterocycles. The first-order valence-electron chi connectivity index (χ1n) is 12.1. The average molecular weight is 496 g/mol. The fraction of sp³-hybridized carbons (Fsp3) is 0.630. The second-order valence-electron chi connectivity index (χ2n) is 8.05. The van der Waals surface area contributed by atoms with Gasteiger partial charge in [0.1, 0.15) is 6.79 Å². The van der Waals surface area contributed by atoms with Crippen LogP contribution in [-0.4, -0.2) is 93.3 Å². The monoisotopic (exact) mass is 495 g/mol. The molecule has 2 heterocycles. The molecular formula is C27H49N3O5. The Bertz CT molecular complexity index is 728. The Hall–Kier alpha value is -1.94. The molecule has 1 aliphatic rings. The maximum Gasteiger partial charge on any atom is 0.159 e. The van der Waals surface area contributed by atoms with Crippen molar-refractivity contribution in [1.29, 1.82) is 0 Å². The number of pyridine rings is 1. The van der Waals surface area contributed by atoms with Crippen molar-refractivity contribution < 1.29 is 24.5 Å². The van der Waals surface area contributed by atoms with Crippen molar-refractivity contribution in [2.24, 2.45) is 0 Å². The minimum atomic E-state index is -0.0273. The van der Waals surface area contributed by atoms with Crippen LogP contribution in [0.4, 0.5) is 0 Å². The number of aliphatic hydroxyl groups is 2. The summed E-state index contributed by atoms with van der Waals surface area (Å²) in [5.74, 6) is 0. The molecule has 0 aliphatic carbocycles. The van der Waals surface area contributed by atoms with Crippen molar-refractivity contribution in [1.82, 2.24) is 15.2 Å². The fourth-order valence-corrected chi connectivity index (χ4v) is 3.53. The Balaban J connectivity index is 0. The van der Waals surface area contributed by atoms with Gasteiger partial charge in [0.05, 0.1) is 11.6 Å². The van der Waals surface area contributed by atoms with E-state index in [-0.39, 0.29) is 6.29 Å². The van der Waals surface area contributed by atoms with E-state index in [0.29, 0.717) is 18.8 Å². The van der Waals surface area contributed by atoms with Crippen LogP contribution in [0.15, 0.2) is 36.5 Å². The molecule has 0 amide bonds. The molecule has 1 aliphatic heterocycles. The van der Waals surface area contributed by atoms with E-state index in [0.717, 1.165) is 45.0 Å². The summed E-state index contributed by atoms with van der Waals surface area (Å²) in [5, 5.41) is 19.3. The van der Waals surface area contributed by atoms with Crippen molar-refractivity contribution in [3.8, 4) is 0 Å². The highest BCUT2D eigenvalue weighted by Gasteiger charge is 2.29. The summed E-state index contributed by atoms with van der Waals surface area (Å²) in [4.78, 5) is 14.7. The van der Waals surface area contributed by atoms with Crippen LogP contribution >= 0.6 is 0 Å². The number of hydrogen-bond acceptors (Lipinski definition) is 8. The van der Waals surface area contributed by atoms with Gasteiger partial charge in [-0.05, 0) is 71.9 Å². The lowest BCUT2D eigenvalue weighted by molar-refractivity contribution is -0.189. The van der Waals surface area contributed by atoms with Gasteiger partial charge in [-0.1, -0.05) is 31.2 Å². The predicted molar refractivity (Wildman–Crippen MR) is 145 cm³/mol. The molecule has 3 N–H and O–H groups in total. The van der Waals surface area contributed by atoms with Crippen molar-refractivity contribution in [3.63, 3.8) is 0 Å². The van der Waals surface area contributed by atoms with Crippen LogP contribution in [0.5, 0.6) is 0 Å². The fourth-order valence-electron chi connectivity index (χ4n) is 3.53. The van der Waals surface area contributed by atoms with E-state index in [2.05, 4.69) is 60.4 Å². The van der Waals surface area contributed by atoms with Crippen LogP contribution < -0.4 is 5.32 Å². The number of hydrogen-bond donors (Lipinski definition) is 3. The number of nitrogens with one attached hydrogen (secondary N) is 1. The Morgan fingerprint density at radius 3 is 2.40 bits per heavy atom. The van der Waals surface area contributed by atoms with Gasteiger partial charge >= 0.3 is 0 Å². The van der Waals surface area contributed by atoms with Crippen molar-refractivity contribution in [2.75, 3.05) is 48.0 Å². The number of rotatable bonds is 7. The number of carbonyl (C=O) groups is 1. The molecule has 1 fully saturated rings. The molecule has 3 rings (SSSR count). The standard InChI is InChI=1S/C12H26N2O2.C10H9N.C3H8O.CH4O.CH2O/c1-10-8-11(9-12(15-4)16-10)14(3)7-5-6-13-2;1-8-4-2-5-9-6-3-7-11-10(8)9;1-2-3-4;2*1-2/h10-13H,5-9H2,1-4H3;2-7H,1H3;4H,2-3H2,1H3;2H,1H3;1H2. The molecule has 0 bridgehead atoms. The van der Waals surface area contributed by atoms with E-state index >= 15 is 0 Å². The lowest BCUT2D eigenvalue weighted by atomic mass is 10.0. The smallest absolute Gasteiger partial charge is 0.159 e. The minimum absolute atomic E-state index is 0.0273. The lowest BCUT2D eigenvalue weighted by Crippen LogP contribution is -2.44. The molecule has 0 radical (unpaired) electrons. The predicted octanol–water partition coefficient (Wildman–Crippen LogP) is 3.42. The molecule has 2 aromatic rings. The molecule has 35 heavy (non-hydrogen) atoms. The summed E-state index contributed by atoms with van der Waals surface area (Å²) in [7, 11) is 6.92. The van der Waals surface area contributed by atoms with Gasteiger partial charge in [0.2, 0.25) is 0 Å². The minimum Gasteiger partial charge on any atom is -0.400 e. The average Bonchev–Trinajstić information content (AvgIpc) is 2.91. The summed E-state index contributed by atoms with van der Waals surface area (Å²) >= 11 is 0. The summed E-state index contributed by atoms with van der Waals surface area (Å²) in [6.45, 7) is 10.7. The van der Waals surface area contributed by atoms with Gasteiger partial charge in [0.25, 0.3) is 0 Å². The van der Waals surface area contributed by atoms with Gasteiger partial charge in [0, 0.05) is 44.9 Å². The first kappa shape index (κ1) is 35.2. The van der Waals surface area contributed by atoms with Crippen LogP contribution in [0, 0.1) is 6.92 Å². The zero-order chi connectivity index (χ0) is 27.1. The van der Waals surface area contributed by atoms with E-state index in [1.165, 1.54) is 17.4 Å². The molecule has 1 saturated heterocycles. The molecule has 8 nitrogen and oxygen atoms in total. The SMILES string of the molecule is C=O.CCCO.CNCCCN(C)C1CC(C)OC(OC)C1.CO.Cc1cccc2cccnc12. The molecule has 3 unspecified atom stereocenters. The Morgan fingerprint density at radius 2 is 1.86 bits per heavy atom. The molecule has 1 aromatic carbocycles. The summed E-state index contributed by atoms with van der Waals surface area (Å²) in [6, 6.07) is 10.8. The third-order valence-electron chi connectivity index (χ3n) is 5.33. The van der Waals surface area contributed by atoms with Crippen LogP contribution in [0.25, 0.3) is 10.9 Å². The van der Waals surface area contributed by atoms with Crippen LogP contribution in [0.3, 0.4) is 0 Å². The highest BCUT2D eigenvalue weighted by molar-refractivity contribution is 5.81. The number of carbonyl (C=O) groups excluding carboxylic acids is 1. The van der Waals surface area contributed by atoms with Crippen LogP contribution in [-0.2, 0) is 14.3 Å². The second kappa shape index (κ2) is 23.8. The lowest BCUT2D eigenvalue weighted by Gasteiger charge is -2.37. The second-order valence-corrected chi connectivity index (χ2v) is 8.05. The van der Waals surface area contributed by atoms with Crippen molar-refractivity contribution in [2.45, 2.75) is 64.9 Å². The summed E-state index contributed by atoms with van der Waals surface area (Å²) < 4.78 is 11.0. The molecule has 202 valence electrons. The number of ether oxygens (including phenoxy) is 2. The van der Waals surface area contributed by atoms with Crippen molar-refractivity contribution in [3.05, 3.63) is 42.1 Å². The number of methoxy groups -OCH3 is 1. The highest BCUT2D eigenvalue weighted by atomic mass is 16.7. The maximum absolute atomic E-state index is 8.00. The van der Waals surface area contributed by atoms with Gasteiger partial charge in [-0.2, -0.15) is 0 Å². The van der Waals surface area contributed by atoms with E-state index < -0.39 is 0 Å². The van der Waals surface area contributed by atoms with Gasteiger partial charge < -0.3 is 34.7 Å². The van der Waals surface area contributed by atoms with Gasteiger partial charge in [-0.25, -0.2) is 0 Å². The zero-order valence-corrected chi connectivity index (χ0v) is 22.9. The number of para-hydroxylation sites is 1. The Labute approximate surface area is 212 Å². The molecule has 8 heteroatoms. The van der Waals surface area contributed by atoms with E-state index in [9.17, 15) is 0 Å². The summed E-state index contributed by atoms with van der Waals surface area (Å²) in [5.41, 5.74) is 2.35. The molecular weight excluding hydrogens is 446 g/mol. The third-order valence-corrected chi connectivity index (χ3v) is 5.33. The topological polar surface area (TPSA) is 104 Å². The molecule has 0 saturated carbocycles. The largest absolute Gasteiger partial charge is 0.400 e. The number of aliphatic hydroxyl groups excluding tert-OH is 2. The van der Waals surface area contributed by atoms with Gasteiger partial charge in [0.15, 0.2) is 6.29 Å². The molecule has 3 atom stereocenters. The summed E-state index contributed by atoms with van der Waals surface area (Å²) in [6.07, 6.45) is 6.26. The van der Waals surface area contributed by atoms with Crippen molar-refractivity contribution >= 4 is 17.7 Å². The Kier molecular flexibility index (Phi) is 23.9. The first-order chi connectivity index (χ1) is 17.0. The van der Waals surface area contributed by atoms with E-state index in [1.807, 2.05) is 33.0 Å². The normalized spacial score (nSPS) is 18.5. The number of aromatic nitrogens is 1. The van der Waals surface area contributed by atoms with E-state index in [1.54, 1.807) is 7.11 Å². The van der Waals surface area contributed by atoms with E-state index in [4.69, 9.17) is 24.5 Å². The third kappa shape index (κ3) is 15.6. The quantitative estimate of drug-likeness (QED) is 0.502. The number of fused-ring (bicyclic) bond motifs is 1.